The first-order chi connectivity index (χ1) is 17.5. The van der Waals surface area contributed by atoms with Gasteiger partial charge in [-0.15, -0.1) is 5.11 Å². The van der Waals surface area contributed by atoms with Crippen molar-refractivity contribution >= 4 is 67.1 Å². The molecule has 0 aromatic heterocycles. The van der Waals surface area contributed by atoms with Crippen LogP contribution in [0.2, 0.25) is 10.0 Å². The maximum absolute atomic E-state index is 13.4. The van der Waals surface area contributed by atoms with E-state index in [9.17, 15) is 22.9 Å². The summed E-state index contributed by atoms with van der Waals surface area (Å²) in [5, 5.41) is 25.2. The molecule has 0 atom stereocenters. The SMILES string of the molecule is COc1ccc(NC(=O)c2cc3ccccc3c(N=Nc3cc(S(=O)(=O)O)c(C)cc3Cl)c2[O-])c(Cl)c1.[Na+]. The summed E-state index contributed by atoms with van der Waals surface area (Å²) in [6, 6.07) is 15.2. The number of hydrogen-bond acceptors (Lipinski definition) is 7. The summed E-state index contributed by atoms with van der Waals surface area (Å²) in [5.41, 5.74) is 0.00943. The van der Waals surface area contributed by atoms with Crippen molar-refractivity contribution in [3.63, 3.8) is 0 Å². The smallest absolute Gasteiger partial charge is 0.870 e. The summed E-state index contributed by atoms with van der Waals surface area (Å²) in [6.45, 7) is 1.45. The van der Waals surface area contributed by atoms with Crippen molar-refractivity contribution in [2.24, 2.45) is 10.2 Å². The number of methoxy groups -OCH3 is 1. The first-order valence-electron chi connectivity index (χ1n) is 10.6. The van der Waals surface area contributed by atoms with Gasteiger partial charge in [-0.1, -0.05) is 53.2 Å². The van der Waals surface area contributed by atoms with Crippen molar-refractivity contribution < 1.29 is 57.2 Å². The number of halogens is 2. The van der Waals surface area contributed by atoms with E-state index in [-0.39, 0.29) is 67.8 Å². The largest absolute Gasteiger partial charge is 1.00 e. The minimum Gasteiger partial charge on any atom is -0.870 e. The van der Waals surface area contributed by atoms with Gasteiger partial charge in [-0.05, 0) is 48.2 Å². The Morgan fingerprint density at radius 2 is 1.74 bits per heavy atom. The van der Waals surface area contributed by atoms with Gasteiger partial charge in [-0.3, -0.25) is 9.35 Å². The molecule has 0 saturated carbocycles. The zero-order chi connectivity index (χ0) is 26.9. The number of benzene rings is 4. The Hall–Kier alpha value is -2.70. The van der Waals surface area contributed by atoms with Crippen molar-refractivity contribution in [2.45, 2.75) is 11.8 Å². The van der Waals surface area contributed by atoms with Gasteiger partial charge in [0.2, 0.25) is 0 Å². The topological polar surface area (TPSA) is 140 Å². The van der Waals surface area contributed by atoms with Crippen molar-refractivity contribution in [1.29, 1.82) is 0 Å². The zero-order valence-corrected chi connectivity index (χ0v) is 24.6. The van der Waals surface area contributed by atoms with Crippen molar-refractivity contribution in [2.75, 3.05) is 12.4 Å². The van der Waals surface area contributed by atoms with E-state index >= 15 is 0 Å². The summed E-state index contributed by atoms with van der Waals surface area (Å²) >= 11 is 12.4. The van der Waals surface area contributed by atoms with Crippen LogP contribution in [0.4, 0.5) is 17.1 Å². The molecule has 0 fully saturated rings. The van der Waals surface area contributed by atoms with Crippen LogP contribution in [0.3, 0.4) is 0 Å². The molecule has 0 radical (unpaired) electrons. The molecule has 13 heteroatoms. The van der Waals surface area contributed by atoms with Gasteiger partial charge in [-0.2, -0.15) is 13.5 Å². The Morgan fingerprint density at radius 3 is 2.39 bits per heavy atom. The summed E-state index contributed by atoms with van der Waals surface area (Å²) in [6.07, 6.45) is 0. The number of hydrogen-bond donors (Lipinski definition) is 2. The van der Waals surface area contributed by atoms with Crippen LogP contribution in [0.5, 0.6) is 11.5 Å². The standard InChI is InChI=1S/C25H19Cl2N3O6S.Na/c1-13-9-18(26)21(12-22(13)37(33,34)35)29-30-23-16-6-4-3-5-14(16)10-17(24(23)31)25(32)28-20-8-7-15(36-2)11-19(20)27;/h3-12,31H,1-2H3,(H,28,32)(H,33,34,35);/q;+1/p-1. The van der Waals surface area contributed by atoms with Crippen LogP contribution in [0, 0.1) is 6.92 Å². The molecule has 38 heavy (non-hydrogen) atoms. The van der Waals surface area contributed by atoms with Gasteiger partial charge in [0, 0.05) is 17.0 Å². The van der Waals surface area contributed by atoms with E-state index in [1.807, 2.05) is 0 Å². The Balaban J connectivity index is 0.00000400. The van der Waals surface area contributed by atoms with Crippen LogP contribution >= 0.6 is 23.2 Å². The third-order valence-electron chi connectivity index (χ3n) is 5.42. The summed E-state index contributed by atoms with van der Waals surface area (Å²) in [5.74, 6) is -0.947. The summed E-state index contributed by atoms with van der Waals surface area (Å²) in [4.78, 5) is 12.7. The molecule has 4 rings (SSSR count). The van der Waals surface area contributed by atoms with Gasteiger partial charge in [0.15, 0.2) is 0 Å². The average molecular weight is 582 g/mol. The number of carbonyl (C=O) groups is 1. The molecule has 0 aliphatic heterocycles. The second-order valence-corrected chi connectivity index (χ2v) is 10.1. The Labute approximate surface area is 250 Å². The second-order valence-electron chi connectivity index (χ2n) is 7.87. The number of nitrogens with one attached hydrogen (secondary N) is 1. The number of azo groups is 1. The zero-order valence-electron chi connectivity index (χ0n) is 20.3. The van der Waals surface area contributed by atoms with Crippen molar-refractivity contribution in [1.82, 2.24) is 0 Å². The number of nitrogens with zero attached hydrogens (tertiary/aromatic N) is 2. The molecule has 1 amide bonds. The number of rotatable bonds is 6. The molecule has 4 aromatic carbocycles. The molecule has 0 aliphatic carbocycles. The maximum atomic E-state index is 13.4. The minimum atomic E-state index is -4.55. The first kappa shape index (κ1) is 29.9. The molecule has 0 aliphatic rings. The van der Waals surface area contributed by atoms with Crippen LogP contribution in [0.25, 0.3) is 10.8 Å². The molecule has 0 bridgehead atoms. The van der Waals surface area contributed by atoms with Gasteiger partial charge >= 0.3 is 29.6 Å². The molecule has 0 heterocycles. The van der Waals surface area contributed by atoms with E-state index in [0.717, 1.165) is 6.07 Å². The van der Waals surface area contributed by atoms with Gasteiger partial charge in [-0.25, -0.2) is 0 Å². The molecule has 0 unspecified atom stereocenters. The Bertz CT molecular complexity index is 1700. The molecular weight excluding hydrogens is 564 g/mol. The maximum Gasteiger partial charge on any atom is 1.00 e. The number of carbonyl (C=O) groups excluding carboxylic acids is 1. The average Bonchev–Trinajstić information content (AvgIpc) is 2.84. The normalized spacial score (nSPS) is 11.4. The molecule has 0 spiro atoms. The van der Waals surface area contributed by atoms with Gasteiger partial charge < -0.3 is 15.2 Å². The molecule has 0 saturated heterocycles. The third-order valence-corrected chi connectivity index (χ3v) is 7.04. The van der Waals surface area contributed by atoms with E-state index in [2.05, 4.69) is 15.5 Å². The van der Waals surface area contributed by atoms with Gasteiger partial charge in [0.25, 0.3) is 16.0 Å². The molecule has 2 N–H and O–H groups in total. The number of anilines is 1. The van der Waals surface area contributed by atoms with Crippen LogP contribution in [-0.2, 0) is 10.1 Å². The molecule has 190 valence electrons. The second kappa shape index (κ2) is 12.0. The van der Waals surface area contributed by atoms with E-state index in [4.69, 9.17) is 27.9 Å². The predicted molar refractivity (Wildman–Crippen MR) is 140 cm³/mol. The summed E-state index contributed by atoms with van der Waals surface area (Å²) < 4.78 is 37.9. The quantitative estimate of drug-likeness (QED) is 0.203. The van der Waals surface area contributed by atoms with Gasteiger partial charge in [0.1, 0.15) is 11.4 Å². The predicted octanol–water partition coefficient (Wildman–Crippen LogP) is 3.46. The van der Waals surface area contributed by atoms with Crippen molar-refractivity contribution in [3.8, 4) is 11.5 Å². The van der Waals surface area contributed by atoms with E-state index in [0.29, 0.717) is 16.5 Å². The van der Waals surface area contributed by atoms with E-state index in [1.165, 1.54) is 38.3 Å². The van der Waals surface area contributed by atoms with Crippen LogP contribution in [0.1, 0.15) is 15.9 Å². The number of fused-ring (bicyclic) bond motifs is 1. The fourth-order valence-corrected chi connectivity index (χ4v) is 4.79. The fraction of sp³-hybridized carbons (Fsp3) is 0.0800. The monoisotopic (exact) mass is 581 g/mol. The number of amides is 1. The molecular formula is C25H18Cl2N3NaO6S. The van der Waals surface area contributed by atoms with Gasteiger partial charge in [0.05, 0.1) is 33.4 Å². The first-order valence-corrected chi connectivity index (χ1v) is 12.8. The summed E-state index contributed by atoms with van der Waals surface area (Å²) in [7, 11) is -3.07. The Kier molecular flexibility index (Phi) is 9.43. The Morgan fingerprint density at radius 1 is 1.03 bits per heavy atom. The van der Waals surface area contributed by atoms with Crippen molar-refractivity contribution in [3.05, 3.63) is 81.8 Å². The van der Waals surface area contributed by atoms with Crippen LogP contribution < -0.4 is 44.7 Å². The van der Waals surface area contributed by atoms with Crippen LogP contribution in [-0.4, -0.2) is 26.0 Å². The van der Waals surface area contributed by atoms with E-state index in [1.54, 1.807) is 30.3 Å². The number of aryl methyl sites for hydroxylation is 1. The molecule has 4 aromatic rings. The number of ether oxygens (including phenoxy) is 1. The minimum absolute atomic E-state index is 0. The van der Waals surface area contributed by atoms with Crippen LogP contribution in [0.15, 0.2) is 75.8 Å². The molecule has 9 nitrogen and oxygen atoms in total. The third kappa shape index (κ3) is 6.29. The fourth-order valence-electron chi connectivity index (χ4n) is 3.59. The van der Waals surface area contributed by atoms with E-state index < -0.39 is 26.7 Å².